The van der Waals surface area contributed by atoms with Gasteiger partial charge in [-0.2, -0.15) is 0 Å². The molecule has 0 aliphatic rings. The van der Waals surface area contributed by atoms with Crippen LogP contribution in [0.1, 0.15) is 25.5 Å². The molecule has 2 aromatic carbocycles. The summed E-state index contributed by atoms with van der Waals surface area (Å²) in [5.41, 5.74) is 1.28. The van der Waals surface area contributed by atoms with Crippen LogP contribution in [0.3, 0.4) is 0 Å². The topological polar surface area (TPSA) is 75.7 Å². The SMILES string of the molecule is C[C@H](Oc1ccc(N(C)S(C)(=O)=O)cc1)C(=O)N[C@H](C)c1ccc(F)cc1. The van der Waals surface area contributed by atoms with Crippen LogP contribution in [0.2, 0.25) is 0 Å². The molecule has 0 aliphatic heterocycles. The molecule has 2 rings (SSSR count). The molecule has 0 radical (unpaired) electrons. The number of hydrogen-bond donors (Lipinski definition) is 1. The van der Waals surface area contributed by atoms with Gasteiger partial charge in [0, 0.05) is 7.05 Å². The molecule has 8 heteroatoms. The lowest BCUT2D eigenvalue weighted by atomic mass is 10.1. The summed E-state index contributed by atoms with van der Waals surface area (Å²) in [6, 6.07) is 12.0. The summed E-state index contributed by atoms with van der Waals surface area (Å²) in [5.74, 6) is -0.208. The highest BCUT2D eigenvalue weighted by molar-refractivity contribution is 7.92. The predicted octanol–water partition coefficient (Wildman–Crippen LogP) is 2.87. The van der Waals surface area contributed by atoms with Gasteiger partial charge in [0.05, 0.1) is 18.0 Å². The van der Waals surface area contributed by atoms with Gasteiger partial charge >= 0.3 is 0 Å². The van der Waals surface area contributed by atoms with Crippen LogP contribution in [0.4, 0.5) is 10.1 Å². The van der Waals surface area contributed by atoms with Crippen molar-refractivity contribution in [1.29, 1.82) is 0 Å². The maximum absolute atomic E-state index is 13.0. The Morgan fingerprint density at radius 3 is 2.15 bits per heavy atom. The minimum Gasteiger partial charge on any atom is -0.481 e. The van der Waals surface area contributed by atoms with Crippen molar-refractivity contribution in [1.82, 2.24) is 5.32 Å². The Morgan fingerprint density at radius 1 is 1.07 bits per heavy atom. The van der Waals surface area contributed by atoms with Gasteiger partial charge in [0.25, 0.3) is 5.91 Å². The van der Waals surface area contributed by atoms with E-state index in [4.69, 9.17) is 4.74 Å². The first kappa shape index (κ1) is 20.7. The number of benzene rings is 2. The van der Waals surface area contributed by atoms with Crippen LogP contribution in [0, 0.1) is 5.82 Å². The van der Waals surface area contributed by atoms with Gasteiger partial charge in [-0.05, 0) is 55.8 Å². The molecule has 6 nitrogen and oxygen atoms in total. The van der Waals surface area contributed by atoms with Gasteiger partial charge in [0.1, 0.15) is 11.6 Å². The van der Waals surface area contributed by atoms with Crippen molar-refractivity contribution >= 4 is 21.6 Å². The van der Waals surface area contributed by atoms with Gasteiger partial charge in [-0.25, -0.2) is 12.8 Å². The molecule has 1 N–H and O–H groups in total. The Hall–Kier alpha value is -2.61. The first-order valence-corrected chi connectivity index (χ1v) is 10.2. The van der Waals surface area contributed by atoms with Gasteiger partial charge in [-0.15, -0.1) is 0 Å². The van der Waals surface area contributed by atoms with Gasteiger partial charge in [-0.3, -0.25) is 9.10 Å². The Morgan fingerprint density at radius 2 is 1.63 bits per heavy atom. The summed E-state index contributed by atoms with van der Waals surface area (Å²) in [6.07, 6.45) is 0.359. The zero-order chi connectivity index (χ0) is 20.2. The molecule has 0 spiro atoms. The first-order chi connectivity index (χ1) is 12.6. The molecule has 146 valence electrons. The lowest BCUT2D eigenvalue weighted by molar-refractivity contribution is -0.127. The Bertz CT molecular complexity index is 883. The minimum atomic E-state index is -3.34. The fraction of sp³-hybridized carbons (Fsp3) is 0.316. The molecule has 0 unspecified atom stereocenters. The normalized spacial score (nSPS) is 13.5. The van der Waals surface area contributed by atoms with E-state index in [0.29, 0.717) is 11.4 Å². The van der Waals surface area contributed by atoms with Gasteiger partial charge in [0.2, 0.25) is 10.0 Å². The molecule has 0 heterocycles. The molecule has 1 amide bonds. The molecule has 0 saturated carbocycles. The summed E-state index contributed by atoms with van der Waals surface area (Å²) < 4.78 is 42.8. The fourth-order valence-corrected chi connectivity index (χ4v) is 2.85. The smallest absolute Gasteiger partial charge is 0.261 e. The van der Waals surface area contributed by atoms with Crippen molar-refractivity contribution in [3.63, 3.8) is 0 Å². The van der Waals surface area contributed by atoms with Gasteiger partial charge in [0.15, 0.2) is 6.10 Å². The van der Waals surface area contributed by atoms with E-state index in [1.54, 1.807) is 50.2 Å². The predicted molar refractivity (Wildman–Crippen MR) is 103 cm³/mol. The second-order valence-electron chi connectivity index (χ2n) is 6.27. The number of carbonyl (C=O) groups is 1. The average molecular weight is 394 g/mol. The van der Waals surface area contributed by atoms with Crippen LogP contribution in [0.25, 0.3) is 0 Å². The molecule has 0 saturated heterocycles. The highest BCUT2D eigenvalue weighted by atomic mass is 32.2. The lowest BCUT2D eigenvalue weighted by Crippen LogP contribution is -2.37. The quantitative estimate of drug-likeness (QED) is 0.784. The van der Waals surface area contributed by atoms with Crippen molar-refractivity contribution in [2.24, 2.45) is 0 Å². The van der Waals surface area contributed by atoms with Crippen LogP contribution in [-0.4, -0.2) is 33.7 Å². The van der Waals surface area contributed by atoms with E-state index in [1.165, 1.54) is 19.2 Å². The van der Waals surface area contributed by atoms with Crippen molar-refractivity contribution in [2.45, 2.75) is 26.0 Å². The number of carbonyl (C=O) groups excluding carboxylic acids is 1. The third-order valence-corrected chi connectivity index (χ3v) is 5.31. The van der Waals surface area contributed by atoms with Crippen LogP contribution in [0.15, 0.2) is 48.5 Å². The molecule has 0 bridgehead atoms. The van der Waals surface area contributed by atoms with E-state index >= 15 is 0 Å². The van der Waals surface area contributed by atoms with Crippen LogP contribution in [-0.2, 0) is 14.8 Å². The van der Waals surface area contributed by atoms with Gasteiger partial charge in [-0.1, -0.05) is 12.1 Å². The number of ether oxygens (including phenoxy) is 1. The molecule has 0 aromatic heterocycles. The van der Waals surface area contributed by atoms with Crippen LogP contribution >= 0.6 is 0 Å². The lowest BCUT2D eigenvalue weighted by Gasteiger charge is -2.20. The number of anilines is 1. The third kappa shape index (κ3) is 5.68. The molecular formula is C19H23FN2O4S. The number of nitrogens with zero attached hydrogens (tertiary/aromatic N) is 1. The minimum absolute atomic E-state index is 0.296. The molecule has 0 fully saturated rings. The maximum Gasteiger partial charge on any atom is 0.261 e. The van der Waals surface area contributed by atoms with Crippen molar-refractivity contribution < 1.29 is 22.3 Å². The van der Waals surface area contributed by atoms with E-state index in [0.717, 1.165) is 16.1 Å². The van der Waals surface area contributed by atoms with E-state index in [-0.39, 0.29) is 17.8 Å². The van der Waals surface area contributed by atoms with E-state index in [9.17, 15) is 17.6 Å². The highest BCUT2D eigenvalue weighted by Crippen LogP contribution is 2.21. The standard InChI is InChI=1S/C19H23FN2O4S/c1-13(15-5-7-16(20)8-6-15)21-19(23)14(2)26-18-11-9-17(10-12-18)22(3)27(4,24)25/h5-14H,1-4H3,(H,21,23)/t13-,14+/m1/s1. The number of sulfonamides is 1. The largest absolute Gasteiger partial charge is 0.481 e. The van der Waals surface area contributed by atoms with Crippen molar-refractivity contribution in [2.75, 3.05) is 17.6 Å². The third-order valence-electron chi connectivity index (χ3n) is 4.11. The monoisotopic (exact) mass is 394 g/mol. The summed E-state index contributed by atoms with van der Waals surface area (Å²) in [4.78, 5) is 12.3. The average Bonchev–Trinajstić information content (AvgIpc) is 2.61. The number of halogens is 1. The molecule has 2 atom stereocenters. The molecule has 27 heavy (non-hydrogen) atoms. The number of rotatable bonds is 7. The van der Waals surface area contributed by atoms with E-state index in [1.807, 2.05) is 0 Å². The van der Waals surface area contributed by atoms with Crippen LogP contribution in [0.5, 0.6) is 5.75 Å². The zero-order valence-electron chi connectivity index (χ0n) is 15.6. The molecule has 2 aromatic rings. The Labute approximate surface area is 159 Å². The van der Waals surface area contributed by atoms with Gasteiger partial charge < -0.3 is 10.1 Å². The zero-order valence-corrected chi connectivity index (χ0v) is 16.5. The summed E-state index contributed by atoms with van der Waals surface area (Å²) >= 11 is 0. The number of amides is 1. The molecule has 0 aliphatic carbocycles. The Kier molecular flexibility index (Phi) is 6.43. The van der Waals surface area contributed by atoms with E-state index < -0.39 is 16.1 Å². The summed E-state index contributed by atoms with van der Waals surface area (Å²) in [6.45, 7) is 3.41. The summed E-state index contributed by atoms with van der Waals surface area (Å²) in [5, 5.41) is 2.81. The second-order valence-corrected chi connectivity index (χ2v) is 8.28. The Balaban J connectivity index is 1.96. The van der Waals surface area contributed by atoms with Crippen molar-refractivity contribution in [3.05, 3.63) is 59.9 Å². The highest BCUT2D eigenvalue weighted by Gasteiger charge is 2.18. The maximum atomic E-state index is 13.0. The first-order valence-electron chi connectivity index (χ1n) is 8.34. The fourth-order valence-electron chi connectivity index (χ4n) is 2.35. The van der Waals surface area contributed by atoms with E-state index in [2.05, 4.69) is 5.32 Å². The number of hydrogen-bond acceptors (Lipinski definition) is 4. The van der Waals surface area contributed by atoms with Crippen molar-refractivity contribution in [3.8, 4) is 5.75 Å². The van der Waals surface area contributed by atoms with Crippen LogP contribution < -0.4 is 14.4 Å². The summed E-state index contributed by atoms with van der Waals surface area (Å²) in [7, 11) is -1.89. The molecular weight excluding hydrogens is 371 g/mol. The second kappa shape index (κ2) is 8.39. The number of nitrogens with one attached hydrogen (secondary N) is 1.